The highest BCUT2D eigenvalue weighted by atomic mass is 79.9. The van der Waals surface area contributed by atoms with Crippen LogP contribution < -0.4 is 0 Å². The molecule has 0 aromatic carbocycles. The number of rotatable bonds is 1. The lowest BCUT2D eigenvalue weighted by atomic mass is 10.2. The van der Waals surface area contributed by atoms with Crippen molar-refractivity contribution in [2.24, 2.45) is 0 Å². The van der Waals surface area contributed by atoms with Gasteiger partial charge in [0.15, 0.2) is 0 Å². The third kappa shape index (κ3) is 1.65. The number of hydrogen-bond donors (Lipinski definition) is 1. The Morgan fingerprint density at radius 3 is 2.86 bits per heavy atom. The molecule has 0 radical (unpaired) electrons. The van der Waals surface area contributed by atoms with Crippen LogP contribution in [0.3, 0.4) is 0 Å². The van der Waals surface area contributed by atoms with Crippen molar-refractivity contribution in [3.63, 3.8) is 0 Å². The molecule has 0 aliphatic rings. The fraction of sp³-hybridized carbons (Fsp3) is 0. The molecule has 0 N–H and O–H groups in total. The smallest absolute Gasteiger partial charge is 0.234 e. The lowest BCUT2D eigenvalue weighted by molar-refractivity contribution is 0.108. The van der Waals surface area contributed by atoms with E-state index in [2.05, 4.69) is 38.5 Å². The zero-order valence-corrected chi connectivity index (χ0v) is 9.42. The maximum atomic E-state index is 11.0. The van der Waals surface area contributed by atoms with Crippen molar-refractivity contribution >= 4 is 44.6 Å². The molecule has 0 atom stereocenters. The zero-order valence-electron chi connectivity index (χ0n) is 6.94. The molecule has 0 fully saturated rings. The van der Waals surface area contributed by atoms with Gasteiger partial charge in [-0.25, -0.2) is 4.98 Å². The molecule has 2 rings (SSSR count). The Kier molecular flexibility index (Phi) is 2.52. The number of carbonyl (C=O) groups is 1. The van der Waals surface area contributed by atoms with Crippen LogP contribution in [-0.2, 0) is 0 Å². The van der Waals surface area contributed by atoms with Gasteiger partial charge in [-0.15, -0.1) is 0 Å². The van der Waals surface area contributed by atoms with Gasteiger partial charge in [0.25, 0.3) is 0 Å². The average molecular weight is 269 g/mol. The van der Waals surface area contributed by atoms with Gasteiger partial charge in [-0.1, -0.05) is 12.6 Å². The molecule has 14 heavy (non-hydrogen) atoms. The first-order valence-electron chi connectivity index (χ1n) is 3.82. The minimum absolute atomic E-state index is 0.337. The summed E-state index contributed by atoms with van der Waals surface area (Å²) < 4.78 is 0.770. The summed E-state index contributed by atoms with van der Waals surface area (Å²) >= 11 is 7.03. The summed E-state index contributed by atoms with van der Waals surface area (Å²) in [6.07, 6.45) is 3.34. The minimum atomic E-state index is -0.337. The lowest BCUT2D eigenvalue weighted by Crippen LogP contribution is -1.94. The standard InChI is InChI=1S/C9H5BrN2OS/c10-6-4-11-3-5-1-2-7(9(13)14)12-8(5)6/h1-4H,(H,13,14). The SMILES string of the molecule is O=C(S)c1ccc2cncc(Br)c2n1. The molecule has 2 aromatic rings. The monoisotopic (exact) mass is 268 g/mol. The van der Waals surface area contributed by atoms with E-state index in [1.54, 1.807) is 24.5 Å². The van der Waals surface area contributed by atoms with Gasteiger partial charge in [0.05, 0.1) is 9.99 Å². The van der Waals surface area contributed by atoms with Crippen LogP contribution in [0, 0.1) is 0 Å². The van der Waals surface area contributed by atoms with Gasteiger partial charge >= 0.3 is 0 Å². The summed E-state index contributed by atoms with van der Waals surface area (Å²) in [5.41, 5.74) is 1.06. The van der Waals surface area contributed by atoms with E-state index in [-0.39, 0.29) is 5.12 Å². The van der Waals surface area contributed by atoms with Crippen LogP contribution in [0.5, 0.6) is 0 Å². The highest BCUT2D eigenvalue weighted by Crippen LogP contribution is 2.20. The zero-order chi connectivity index (χ0) is 10.1. The molecular formula is C9H5BrN2OS. The number of carbonyl (C=O) groups excluding carboxylic acids is 1. The third-order valence-corrected chi connectivity index (χ3v) is 2.58. The van der Waals surface area contributed by atoms with E-state index >= 15 is 0 Å². The molecule has 0 spiro atoms. The van der Waals surface area contributed by atoms with Crippen LogP contribution in [0.25, 0.3) is 10.9 Å². The summed E-state index contributed by atoms with van der Waals surface area (Å²) in [6.45, 7) is 0. The van der Waals surface area contributed by atoms with Gasteiger partial charge in [-0.05, 0) is 28.1 Å². The van der Waals surface area contributed by atoms with Gasteiger partial charge in [0.2, 0.25) is 5.12 Å². The average Bonchev–Trinajstić information content (AvgIpc) is 2.18. The second-order valence-corrected chi connectivity index (χ2v) is 3.96. The van der Waals surface area contributed by atoms with Gasteiger partial charge in [0, 0.05) is 17.8 Å². The Morgan fingerprint density at radius 2 is 2.14 bits per heavy atom. The van der Waals surface area contributed by atoms with Crippen LogP contribution in [0.2, 0.25) is 0 Å². The molecule has 2 aromatic heterocycles. The number of halogens is 1. The van der Waals surface area contributed by atoms with Crippen LogP contribution in [0.15, 0.2) is 29.0 Å². The molecule has 0 aliphatic heterocycles. The fourth-order valence-corrected chi connectivity index (χ4v) is 1.69. The first-order chi connectivity index (χ1) is 6.68. The number of hydrogen-bond acceptors (Lipinski definition) is 3. The highest BCUT2D eigenvalue weighted by molar-refractivity contribution is 9.10. The number of pyridine rings is 2. The number of nitrogens with zero attached hydrogens (tertiary/aromatic N) is 2. The number of thiol groups is 1. The van der Waals surface area contributed by atoms with Crippen LogP contribution >= 0.6 is 28.6 Å². The summed E-state index contributed by atoms with van der Waals surface area (Å²) in [5.74, 6) is 0. The summed E-state index contributed by atoms with van der Waals surface area (Å²) in [7, 11) is 0. The Balaban J connectivity index is 2.76. The van der Waals surface area contributed by atoms with Crippen molar-refractivity contribution in [2.75, 3.05) is 0 Å². The quantitative estimate of drug-likeness (QED) is 0.809. The fourth-order valence-electron chi connectivity index (χ4n) is 1.13. The molecule has 0 aliphatic carbocycles. The van der Waals surface area contributed by atoms with Crippen molar-refractivity contribution in [3.05, 3.63) is 34.7 Å². The molecule has 0 bridgehead atoms. The van der Waals surface area contributed by atoms with Gasteiger partial charge in [-0.3, -0.25) is 9.78 Å². The maximum Gasteiger partial charge on any atom is 0.234 e. The summed E-state index contributed by atoms with van der Waals surface area (Å²) in [5, 5.41) is 0.549. The first kappa shape index (κ1) is 9.61. The Morgan fingerprint density at radius 1 is 1.36 bits per heavy atom. The molecule has 70 valence electrons. The maximum absolute atomic E-state index is 11.0. The van der Waals surface area contributed by atoms with E-state index in [9.17, 15) is 4.79 Å². The second-order valence-electron chi connectivity index (χ2n) is 2.69. The lowest BCUT2D eigenvalue weighted by Gasteiger charge is -2.00. The van der Waals surface area contributed by atoms with Crippen molar-refractivity contribution in [1.82, 2.24) is 9.97 Å². The minimum Gasteiger partial charge on any atom is -0.280 e. The highest BCUT2D eigenvalue weighted by Gasteiger charge is 2.05. The third-order valence-electron chi connectivity index (χ3n) is 1.77. The summed E-state index contributed by atoms with van der Waals surface area (Å²) in [4.78, 5) is 19.1. The van der Waals surface area contributed by atoms with E-state index in [1.807, 2.05) is 0 Å². The van der Waals surface area contributed by atoms with Crippen LogP contribution in [-0.4, -0.2) is 15.1 Å². The van der Waals surface area contributed by atoms with E-state index in [0.717, 1.165) is 15.4 Å². The van der Waals surface area contributed by atoms with Crippen LogP contribution in [0.1, 0.15) is 10.5 Å². The normalized spacial score (nSPS) is 10.4. The molecule has 0 unspecified atom stereocenters. The van der Waals surface area contributed by atoms with Crippen molar-refractivity contribution in [3.8, 4) is 0 Å². The van der Waals surface area contributed by atoms with Gasteiger partial charge < -0.3 is 0 Å². The number of aromatic nitrogens is 2. The Bertz CT molecular complexity index is 515. The Labute approximate surface area is 94.1 Å². The molecule has 5 heteroatoms. The first-order valence-corrected chi connectivity index (χ1v) is 5.06. The van der Waals surface area contributed by atoms with Gasteiger partial charge in [0.1, 0.15) is 5.69 Å². The topological polar surface area (TPSA) is 42.9 Å². The molecular weight excluding hydrogens is 264 g/mol. The van der Waals surface area contributed by atoms with E-state index in [0.29, 0.717) is 5.69 Å². The van der Waals surface area contributed by atoms with E-state index < -0.39 is 0 Å². The van der Waals surface area contributed by atoms with Crippen LogP contribution in [0.4, 0.5) is 0 Å². The molecule has 3 nitrogen and oxygen atoms in total. The Hall–Kier alpha value is -0.940. The number of fused-ring (bicyclic) bond motifs is 1. The van der Waals surface area contributed by atoms with Crippen molar-refractivity contribution < 1.29 is 4.79 Å². The molecule has 0 saturated heterocycles. The predicted molar refractivity (Wildman–Crippen MR) is 60.6 cm³/mol. The summed E-state index contributed by atoms with van der Waals surface area (Å²) in [6, 6.07) is 3.43. The predicted octanol–water partition coefficient (Wildman–Crippen LogP) is 2.46. The van der Waals surface area contributed by atoms with Crippen molar-refractivity contribution in [2.45, 2.75) is 0 Å². The van der Waals surface area contributed by atoms with Crippen molar-refractivity contribution in [1.29, 1.82) is 0 Å². The molecule has 2 heterocycles. The molecule has 0 amide bonds. The van der Waals surface area contributed by atoms with E-state index in [4.69, 9.17) is 0 Å². The second kappa shape index (κ2) is 3.67. The largest absolute Gasteiger partial charge is 0.280 e. The van der Waals surface area contributed by atoms with E-state index in [1.165, 1.54) is 0 Å². The van der Waals surface area contributed by atoms with Gasteiger partial charge in [-0.2, -0.15) is 0 Å². The molecule has 0 saturated carbocycles.